The topological polar surface area (TPSA) is 57.4 Å². The van der Waals surface area contributed by atoms with E-state index in [1.54, 1.807) is 0 Å². The minimum absolute atomic E-state index is 0.0159. The number of para-hydroxylation sites is 1. The fraction of sp³-hybridized carbons (Fsp3) is 0.167. The fourth-order valence-electron chi connectivity index (χ4n) is 6.19. The molecule has 0 bridgehead atoms. The Bertz CT molecular complexity index is 2100. The van der Waals surface area contributed by atoms with E-state index < -0.39 is 0 Å². The number of hydrogen-bond donors (Lipinski definition) is 0. The largest absolute Gasteiger partial charge is 0.310 e. The Morgan fingerprint density at radius 2 is 1.43 bits per heavy atom. The highest BCUT2D eigenvalue weighted by atomic mass is 15.0. The first kappa shape index (κ1) is 24.0. The molecule has 1 aliphatic rings. The van der Waals surface area contributed by atoms with Crippen LogP contribution < -0.4 is 0 Å². The molecule has 0 spiro atoms. The first-order valence-corrected chi connectivity index (χ1v) is 13.7. The maximum absolute atomic E-state index is 9.65. The zero-order valence-electron chi connectivity index (χ0n) is 22.8. The summed E-state index contributed by atoms with van der Waals surface area (Å²) in [6.45, 7) is 6.69. The molecule has 1 aliphatic carbocycles. The molecule has 0 amide bonds. The van der Waals surface area contributed by atoms with Crippen molar-refractivity contribution in [3.8, 4) is 23.5 Å². The average molecular weight is 517 g/mol. The van der Waals surface area contributed by atoms with Crippen LogP contribution in [-0.2, 0) is 11.8 Å². The second-order valence-corrected chi connectivity index (χ2v) is 11.7. The van der Waals surface area contributed by atoms with Crippen LogP contribution in [0.25, 0.3) is 50.2 Å². The van der Waals surface area contributed by atoms with Gasteiger partial charge < -0.3 is 9.13 Å². The number of rotatable bonds is 2. The summed E-state index contributed by atoms with van der Waals surface area (Å²) >= 11 is 0. The van der Waals surface area contributed by atoms with E-state index in [0.717, 1.165) is 50.8 Å². The van der Waals surface area contributed by atoms with Gasteiger partial charge in [0, 0.05) is 33.2 Å². The highest BCUT2D eigenvalue weighted by Crippen LogP contribution is 2.38. The molecule has 192 valence electrons. The summed E-state index contributed by atoms with van der Waals surface area (Å²) in [6, 6.07) is 34.6. The van der Waals surface area contributed by atoms with Crippen LogP contribution in [0, 0.1) is 28.6 Å². The maximum Gasteiger partial charge on any atom is 0.0991 e. The third kappa shape index (κ3) is 3.58. The molecule has 7 rings (SSSR count). The zero-order chi connectivity index (χ0) is 27.6. The van der Waals surface area contributed by atoms with E-state index in [9.17, 15) is 10.5 Å². The Labute approximate surface area is 233 Å². The molecule has 2 aromatic heterocycles. The lowest BCUT2D eigenvalue weighted by Gasteiger charge is -2.19. The van der Waals surface area contributed by atoms with Crippen LogP contribution in [0.3, 0.4) is 0 Å². The molecule has 40 heavy (non-hydrogen) atoms. The van der Waals surface area contributed by atoms with Gasteiger partial charge >= 0.3 is 0 Å². The van der Waals surface area contributed by atoms with Gasteiger partial charge in [0.25, 0.3) is 0 Å². The summed E-state index contributed by atoms with van der Waals surface area (Å²) in [4.78, 5) is 0. The smallest absolute Gasteiger partial charge is 0.0991 e. The van der Waals surface area contributed by atoms with Crippen LogP contribution in [0.4, 0.5) is 0 Å². The number of nitriles is 2. The summed E-state index contributed by atoms with van der Waals surface area (Å²) in [5, 5.41) is 22.7. The van der Waals surface area contributed by atoms with E-state index in [4.69, 9.17) is 0 Å². The second kappa shape index (κ2) is 8.73. The number of fused-ring (bicyclic) bond motifs is 6. The first-order valence-electron chi connectivity index (χ1n) is 13.7. The van der Waals surface area contributed by atoms with Gasteiger partial charge in [-0.05, 0) is 83.6 Å². The number of hydrogen-bond acceptors (Lipinski definition) is 2. The molecule has 0 saturated heterocycles. The van der Waals surface area contributed by atoms with Gasteiger partial charge in [-0.3, -0.25) is 0 Å². The van der Waals surface area contributed by atoms with Gasteiger partial charge in [-0.1, -0.05) is 57.2 Å². The zero-order valence-corrected chi connectivity index (χ0v) is 22.8. The van der Waals surface area contributed by atoms with Gasteiger partial charge in [0.05, 0.1) is 40.2 Å². The third-order valence-electron chi connectivity index (χ3n) is 8.20. The minimum Gasteiger partial charge on any atom is -0.310 e. The van der Waals surface area contributed by atoms with E-state index in [1.165, 1.54) is 16.5 Å². The van der Waals surface area contributed by atoms with Gasteiger partial charge in [-0.25, -0.2) is 0 Å². The van der Waals surface area contributed by atoms with Crippen molar-refractivity contribution in [3.63, 3.8) is 0 Å². The molecule has 2 heterocycles. The fourth-order valence-corrected chi connectivity index (χ4v) is 6.19. The number of benzene rings is 4. The van der Waals surface area contributed by atoms with Gasteiger partial charge in [-0.15, -0.1) is 0 Å². The molecule has 0 aliphatic heterocycles. The van der Waals surface area contributed by atoms with Crippen molar-refractivity contribution in [1.29, 1.82) is 10.5 Å². The summed E-state index contributed by atoms with van der Waals surface area (Å²) in [7, 11) is 0. The van der Waals surface area contributed by atoms with E-state index in [-0.39, 0.29) is 11.3 Å². The average Bonchev–Trinajstić information content (AvgIpc) is 3.48. The predicted octanol–water partition coefficient (Wildman–Crippen LogP) is 8.61. The Balaban J connectivity index is 1.49. The Morgan fingerprint density at radius 3 is 2.17 bits per heavy atom. The van der Waals surface area contributed by atoms with Crippen molar-refractivity contribution in [1.82, 2.24) is 9.13 Å². The Morgan fingerprint density at radius 1 is 0.725 bits per heavy atom. The van der Waals surface area contributed by atoms with Crippen molar-refractivity contribution in [2.24, 2.45) is 5.92 Å². The summed E-state index contributed by atoms with van der Waals surface area (Å²) in [5.74, 6) is -0.105. The molecule has 6 aromatic rings. The number of allylic oxidation sites excluding steroid dienone is 1. The molecular weight excluding hydrogens is 488 g/mol. The van der Waals surface area contributed by atoms with Crippen LogP contribution in [0.15, 0.2) is 91.0 Å². The maximum atomic E-state index is 9.65. The van der Waals surface area contributed by atoms with Crippen LogP contribution in [0.1, 0.15) is 43.2 Å². The molecule has 0 N–H and O–H groups in total. The lowest BCUT2D eigenvalue weighted by Crippen LogP contribution is -2.10. The molecule has 1 atom stereocenters. The van der Waals surface area contributed by atoms with Crippen molar-refractivity contribution < 1.29 is 0 Å². The van der Waals surface area contributed by atoms with E-state index in [2.05, 4.69) is 121 Å². The Hall–Kier alpha value is -5.06. The van der Waals surface area contributed by atoms with E-state index in [0.29, 0.717) is 5.56 Å². The number of aromatic nitrogens is 2. The van der Waals surface area contributed by atoms with Crippen LogP contribution in [0.5, 0.6) is 0 Å². The standard InChI is InChI=1S/C36H28N4/c1-36(2,3)25-13-16-35-31(19-25)30-18-24(22-38)12-15-34(30)40(35)27-8-6-7-26(20-27)39-32-10-5-4-9-28(32)29-17-23(21-37)11-14-33(29)39/h4-16,18-20,23H,17H2,1-3H3. The molecular formula is C36H28N4. The highest BCUT2D eigenvalue weighted by molar-refractivity contribution is 6.10. The van der Waals surface area contributed by atoms with Crippen molar-refractivity contribution >= 4 is 38.8 Å². The Kier molecular flexibility index (Phi) is 5.24. The van der Waals surface area contributed by atoms with Crippen LogP contribution in [0.2, 0.25) is 0 Å². The number of nitrogens with zero attached hydrogens (tertiary/aromatic N) is 4. The molecule has 4 nitrogen and oxygen atoms in total. The molecule has 0 fully saturated rings. The summed E-state index contributed by atoms with van der Waals surface area (Å²) < 4.78 is 4.62. The predicted molar refractivity (Wildman–Crippen MR) is 163 cm³/mol. The normalized spacial score (nSPS) is 14.9. The summed E-state index contributed by atoms with van der Waals surface area (Å²) in [5.41, 5.74) is 9.78. The second-order valence-electron chi connectivity index (χ2n) is 11.7. The summed E-state index contributed by atoms with van der Waals surface area (Å²) in [6.07, 6.45) is 4.85. The molecule has 4 aromatic carbocycles. The quantitative estimate of drug-likeness (QED) is 0.231. The molecule has 0 radical (unpaired) electrons. The SMILES string of the molecule is CC(C)(C)c1ccc2c(c1)c1cc(C#N)ccc1n2-c1cccc(-n2c3c(c4ccccc42)CC(C#N)C=C3)c1. The minimum atomic E-state index is -0.105. The molecule has 1 unspecified atom stereocenters. The van der Waals surface area contributed by atoms with Gasteiger partial charge in [0.15, 0.2) is 0 Å². The molecule has 0 saturated carbocycles. The van der Waals surface area contributed by atoms with Crippen molar-refractivity contribution in [3.05, 3.63) is 113 Å². The van der Waals surface area contributed by atoms with E-state index in [1.807, 2.05) is 18.2 Å². The van der Waals surface area contributed by atoms with Crippen LogP contribution in [-0.4, -0.2) is 9.13 Å². The van der Waals surface area contributed by atoms with Gasteiger partial charge in [0.2, 0.25) is 0 Å². The van der Waals surface area contributed by atoms with Gasteiger partial charge in [0.1, 0.15) is 0 Å². The lowest BCUT2D eigenvalue weighted by atomic mass is 9.86. The molecule has 4 heteroatoms. The lowest BCUT2D eigenvalue weighted by molar-refractivity contribution is 0.591. The van der Waals surface area contributed by atoms with E-state index >= 15 is 0 Å². The third-order valence-corrected chi connectivity index (χ3v) is 8.20. The van der Waals surface area contributed by atoms with Crippen LogP contribution >= 0.6 is 0 Å². The van der Waals surface area contributed by atoms with Gasteiger partial charge in [-0.2, -0.15) is 10.5 Å². The van der Waals surface area contributed by atoms with Crippen molar-refractivity contribution in [2.45, 2.75) is 32.6 Å². The highest BCUT2D eigenvalue weighted by Gasteiger charge is 2.23. The monoisotopic (exact) mass is 516 g/mol. The first-order chi connectivity index (χ1) is 19.4. The van der Waals surface area contributed by atoms with Crippen molar-refractivity contribution in [2.75, 3.05) is 0 Å².